The van der Waals surface area contributed by atoms with Crippen molar-refractivity contribution in [3.05, 3.63) is 77.4 Å². The van der Waals surface area contributed by atoms with Crippen molar-refractivity contribution in [2.24, 2.45) is 0 Å². The van der Waals surface area contributed by atoms with Crippen LogP contribution in [0.1, 0.15) is 16.7 Å². The molecule has 3 aromatic carbocycles. The van der Waals surface area contributed by atoms with Crippen LogP contribution in [0.5, 0.6) is 11.5 Å². The summed E-state index contributed by atoms with van der Waals surface area (Å²) < 4.78 is 38.9. The van der Waals surface area contributed by atoms with E-state index in [4.69, 9.17) is 9.47 Å². The predicted molar refractivity (Wildman–Crippen MR) is 130 cm³/mol. The maximum absolute atomic E-state index is 13.6. The first-order valence-corrected chi connectivity index (χ1v) is 11.8. The molecule has 0 aromatic heterocycles. The van der Waals surface area contributed by atoms with Crippen LogP contribution in [-0.4, -0.2) is 35.1 Å². The molecule has 0 aliphatic carbocycles. The smallest absolute Gasteiger partial charge is 0.264 e. The maximum Gasteiger partial charge on any atom is 0.264 e. The van der Waals surface area contributed by atoms with E-state index in [1.165, 1.54) is 26.4 Å². The zero-order valence-corrected chi connectivity index (χ0v) is 20.2. The third kappa shape index (κ3) is 5.46. The van der Waals surface area contributed by atoms with Gasteiger partial charge in [-0.25, -0.2) is 8.42 Å². The van der Waals surface area contributed by atoms with Gasteiger partial charge in [0.1, 0.15) is 18.0 Å². The van der Waals surface area contributed by atoms with E-state index in [2.05, 4.69) is 5.32 Å². The number of sulfonamides is 1. The normalized spacial score (nSPS) is 11.1. The molecule has 0 unspecified atom stereocenters. The second-order valence-electron chi connectivity index (χ2n) is 7.71. The summed E-state index contributed by atoms with van der Waals surface area (Å²) in [7, 11) is -1.13. The number of carbonyl (C=O) groups excluding carboxylic acids is 1. The zero-order valence-electron chi connectivity index (χ0n) is 19.4. The van der Waals surface area contributed by atoms with Crippen LogP contribution in [0.25, 0.3) is 0 Å². The van der Waals surface area contributed by atoms with E-state index in [-0.39, 0.29) is 16.3 Å². The fourth-order valence-electron chi connectivity index (χ4n) is 3.28. The standard InChI is InChI=1S/C25H28N2O5S/c1-17-6-11-22(12-7-17)33(29,30)27(23-13-10-21(31-4)15-24(23)32-5)16-25(28)26-20-9-8-18(2)19(3)14-20/h6-15H,16H2,1-5H3,(H,26,28). The second kappa shape index (κ2) is 9.95. The van der Waals surface area contributed by atoms with Crippen LogP contribution in [-0.2, 0) is 14.8 Å². The van der Waals surface area contributed by atoms with Crippen LogP contribution in [0.15, 0.2) is 65.6 Å². The molecule has 0 aliphatic rings. The predicted octanol–water partition coefficient (Wildman–Crippen LogP) is 4.46. The molecule has 8 heteroatoms. The van der Waals surface area contributed by atoms with Crippen LogP contribution in [0.4, 0.5) is 11.4 Å². The molecule has 3 aromatic rings. The van der Waals surface area contributed by atoms with Gasteiger partial charge in [-0.15, -0.1) is 0 Å². The van der Waals surface area contributed by atoms with Crippen molar-refractivity contribution in [2.45, 2.75) is 25.7 Å². The average molecular weight is 469 g/mol. The molecule has 0 saturated carbocycles. The average Bonchev–Trinajstić information content (AvgIpc) is 2.79. The number of aryl methyl sites for hydroxylation is 3. The molecule has 33 heavy (non-hydrogen) atoms. The monoisotopic (exact) mass is 468 g/mol. The number of benzene rings is 3. The number of nitrogens with zero attached hydrogens (tertiary/aromatic N) is 1. The molecule has 0 spiro atoms. The topological polar surface area (TPSA) is 84.9 Å². The van der Waals surface area contributed by atoms with Gasteiger partial charge in [-0.3, -0.25) is 9.10 Å². The molecule has 3 rings (SSSR count). The van der Waals surface area contributed by atoms with Crippen molar-refractivity contribution < 1.29 is 22.7 Å². The summed E-state index contributed by atoms with van der Waals surface area (Å²) >= 11 is 0. The summed E-state index contributed by atoms with van der Waals surface area (Å²) in [6, 6.07) is 16.8. The highest BCUT2D eigenvalue weighted by molar-refractivity contribution is 7.92. The lowest BCUT2D eigenvalue weighted by atomic mass is 10.1. The van der Waals surface area contributed by atoms with Crippen LogP contribution in [0.3, 0.4) is 0 Å². The van der Waals surface area contributed by atoms with Gasteiger partial charge in [0.15, 0.2) is 0 Å². The van der Waals surface area contributed by atoms with E-state index < -0.39 is 22.5 Å². The molecule has 0 bridgehead atoms. The molecule has 0 heterocycles. The second-order valence-corrected chi connectivity index (χ2v) is 9.57. The van der Waals surface area contributed by atoms with Crippen molar-refractivity contribution in [3.63, 3.8) is 0 Å². The number of hydrogen-bond donors (Lipinski definition) is 1. The van der Waals surface area contributed by atoms with E-state index in [0.29, 0.717) is 11.4 Å². The Bertz CT molecular complexity index is 1250. The third-order valence-corrected chi connectivity index (χ3v) is 7.12. The SMILES string of the molecule is COc1ccc(N(CC(=O)Nc2ccc(C)c(C)c2)S(=O)(=O)c2ccc(C)cc2)c(OC)c1. The molecular formula is C25H28N2O5S. The van der Waals surface area contributed by atoms with Gasteiger partial charge in [0.25, 0.3) is 10.0 Å². The van der Waals surface area contributed by atoms with Gasteiger partial charge < -0.3 is 14.8 Å². The number of rotatable bonds is 8. The number of amides is 1. The Morgan fingerprint density at radius 3 is 2.18 bits per heavy atom. The van der Waals surface area contributed by atoms with E-state index in [0.717, 1.165) is 21.0 Å². The van der Waals surface area contributed by atoms with E-state index >= 15 is 0 Å². The minimum atomic E-state index is -4.07. The van der Waals surface area contributed by atoms with Crippen molar-refractivity contribution in [3.8, 4) is 11.5 Å². The van der Waals surface area contributed by atoms with Gasteiger partial charge >= 0.3 is 0 Å². The molecule has 0 saturated heterocycles. The molecule has 0 aliphatic heterocycles. The Morgan fingerprint density at radius 1 is 0.879 bits per heavy atom. The summed E-state index contributed by atoms with van der Waals surface area (Å²) in [6.07, 6.45) is 0. The first-order chi connectivity index (χ1) is 15.6. The number of hydrogen-bond acceptors (Lipinski definition) is 5. The molecule has 174 valence electrons. The molecular weight excluding hydrogens is 440 g/mol. The minimum Gasteiger partial charge on any atom is -0.497 e. The van der Waals surface area contributed by atoms with Crippen LogP contribution in [0.2, 0.25) is 0 Å². The first kappa shape index (κ1) is 24.1. The number of nitrogens with one attached hydrogen (secondary N) is 1. The molecule has 0 atom stereocenters. The first-order valence-electron chi connectivity index (χ1n) is 10.3. The molecule has 1 amide bonds. The summed E-state index contributed by atoms with van der Waals surface area (Å²) in [6.45, 7) is 5.36. The molecule has 7 nitrogen and oxygen atoms in total. The molecule has 1 N–H and O–H groups in total. The van der Waals surface area contributed by atoms with Crippen molar-refractivity contribution in [2.75, 3.05) is 30.4 Å². The summed E-state index contributed by atoms with van der Waals surface area (Å²) in [5.74, 6) is 0.290. The Kier molecular flexibility index (Phi) is 7.28. The fourth-order valence-corrected chi connectivity index (χ4v) is 4.71. The fraction of sp³-hybridized carbons (Fsp3) is 0.240. The lowest BCUT2D eigenvalue weighted by Gasteiger charge is -2.26. The number of methoxy groups -OCH3 is 2. The van der Waals surface area contributed by atoms with E-state index in [1.54, 1.807) is 36.4 Å². The summed E-state index contributed by atoms with van der Waals surface area (Å²) in [4.78, 5) is 13.0. The van der Waals surface area contributed by atoms with Crippen molar-refractivity contribution in [1.82, 2.24) is 0 Å². The minimum absolute atomic E-state index is 0.0740. The summed E-state index contributed by atoms with van der Waals surface area (Å²) in [5.41, 5.74) is 3.87. The van der Waals surface area contributed by atoms with Gasteiger partial charge in [0, 0.05) is 11.8 Å². The third-order valence-electron chi connectivity index (χ3n) is 5.34. The van der Waals surface area contributed by atoms with Crippen LogP contribution >= 0.6 is 0 Å². The van der Waals surface area contributed by atoms with Gasteiger partial charge in [-0.2, -0.15) is 0 Å². The van der Waals surface area contributed by atoms with E-state index in [9.17, 15) is 13.2 Å². The van der Waals surface area contributed by atoms with Crippen LogP contribution in [0, 0.1) is 20.8 Å². The van der Waals surface area contributed by atoms with Crippen LogP contribution < -0.4 is 19.1 Å². The molecule has 0 fully saturated rings. The van der Waals surface area contributed by atoms with Crippen molar-refractivity contribution in [1.29, 1.82) is 0 Å². The lowest BCUT2D eigenvalue weighted by Crippen LogP contribution is -2.38. The Morgan fingerprint density at radius 2 is 1.58 bits per heavy atom. The van der Waals surface area contributed by atoms with Gasteiger partial charge in [0.05, 0.1) is 24.8 Å². The Labute approximate surface area is 195 Å². The number of carbonyl (C=O) groups is 1. The quantitative estimate of drug-likeness (QED) is 0.528. The Balaban J connectivity index is 2.02. The highest BCUT2D eigenvalue weighted by Crippen LogP contribution is 2.35. The molecule has 0 radical (unpaired) electrons. The van der Waals surface area contributed by atoms with E-state index in [1.807, 2.05) is 32.9 Å². The van der Waals surface area contributed by atoms with Crippen molar-refractivity contribution >= 4 is 27.3 Å². The largest absolute Gasteiger partial charge is 0.497 e. The van der Waals surface area contributed by atoms with Gasteiger partial charge in [0.2, 0.25) is 5.91 Å². The van der Waals surface area contributed by atoms with Gasteiger partial charge in [-0.05, 0) is 68.3 Å². The van der Waals surface area contributed by atoms with Gasteiger partial charge in [-0.1, -0.05) is 23.8 Å². The summed E-state index contributed by atoms with van der Waals surface area (Å²) in [5, 5.41) is 2.79. The highest BCUT2D eigenvalue weighted by Gasteiger charge is 2.29. The lowest BCUT2D eigenvalue weighted by molar-refractivity contribution is -0.114. The number of anilines is 2. The number of ether oxygens (including phenoxy) is 2. The maximum atomic E-state index is 13.6. The zero-order chi connectivity index (χ0) is 24.2. The highest BCUT2D eigenvalue weighted by atomic mass is 32.2. The Hall–Kier alpha value is -3.52.